The SMILES string of the molecule is Nc1cc(SCc2ccccc2)cc(C(F)(F)F)c1. The summed E-state index contributed by atoms with van der Waals surface area (Å²) in [5.74, 6) is 0.613. The van der Waals surface area contributed by atoms with Gasteiger partial charge in [0.1, 0.15) is 0 Å². The predicted molar refractivity (Wildman–Crippen MR) is 71.9 cm³/mol. The molecule has 0 unspecified atom stereocenters. The molecule has 2 aromatic carbocycles. The molecule has 19 heavy (non-hydrogen) atoms. The van der Waals surface area contributed by atoms with Crippen LogP contribution in [0, 0.1) is 0 Å². The molecule has 100 valence electrons. The lowest BCUT2D eigenvalue weighted by Crippen LogP contribution is -2.05. The first-order valence-corrected chi connectivity index (χ1v) is 6.58. The highest BCUT2D eigenvalue weighted by atomic mass is 32.2. The minimum Gasteiger partial charge on any atom is -0.399 e. The molecule has 5 heteroatoms. The van der Waals surface area contributed by atoms with Gasteiger partial charge < -0.3 is 5.73 Å². The minimum atomic E-state index is -4.36. The van der Waals surface area contributed by atoms with Crippen LogP contribution in [-0.4, -0.2) is 0 Å². The monoisotopic (exact) mass is 283 g/mol. The molecule has 2 aromatic rings. The topological polar surface area (TPSA) is 26.0 Å². The largest absolute Gasteiger partial charge is 0.416 e. The molecule has 0 bridgehead atoms. The number of thioether (sulfide) groups is 1. The summed E-state index contributed by atoms with van der Waals surface area (Å²) in [6, 6.07) is 13.2. The number of nitrogen functional groups attached to an aromatic ring is 1. The third kappa shape index (κ3) is 3.92. The maximum absolute atomic E-state index is 12.6. The van der Waals surface area contributed by atoms with E-state index in [1.807, 2.05) is 30.3 Å². The van der Waals surface area contributed by atoms with Gasteiger partial charge in [0.2, 0.25) is 0 Å². The molecule has 0 aliphatic carbocycles. The van der Waals surface area contributed by atoms with Crippen LogP contribution in [-0.2, 0) is 11.9 Å². The fourth-order valence-electron chi connectivity index (χ4n) is 1.61. The summed E-state index contributed by atoms with van der Waals surface area (Å²) in [6.45, 7) is 0. The molecule has 2 rings (SSSR count). The van der Waals surface area contributed by atoms with Crippen LogP contribution in [0.2, 0.25) is 0 Å². The number of halogens is 3. The second kappa shape index (κ2) is 5.57. The van der Waals surface area contributed by atoms with Crippen LogP contribution >= 0.6 is 11.8 Å². The Kier molecular flexibility index (Phi) is 4.04. The normalized spacial score (nSPS) is 11.5. The van der Waals surface area contributed by atoms with Crippen molar-refractivity contribution in [2.75, 3.05) is 5.73 Å². The zero-order valence-electron chi connectivity index (χ0n) is 9.95. The Morgan fingerprint density at radius 2 is 1.68 bits per heavy atom. The summed E-state index contributed by atoms with van der Waals surface area (Å²) in [5.41, 5.74) is 5.99. The Labute approximate surface area is 113 Å². The van der Waals surface area contributed by atoms with Crippen LogP contribution in [0.5, 0.6) is 0 Å². The quantitative estimate of drug-likeness (QED) is 0.659. The Bertz CT molecular complexity index is 552. The van der Waals surface area contributed by atoms with Crippen LogP contribution in [0.4, 0.5) is 18.9 Å². The third-order valence-corrected chi connectivity index (χ3v) is 3.55. The summed E-state index contributed by atoms with van der Waals surface area (Å²) in [4.78, 5) is 0.524. The van der Waals surface area contributed by atoms with Crippen molar-refractivity contribution in [1.82, 2.24) is 0 Å². The summed E-state index contributed by atoms with van der Waals surface area (Å²) < 4.78 is 37.9. The molecule has 0 aliphatic heterocycles. The lowest BCUT2D eigenvalue weighted by atomic mass is 10.2. The molecule has 1 nitrogen and oxygen atoms in total. The smallest absolute Gasteiger partial charge is 0.399 e. The van der Waals surface area contributed by atoms with Crippen molar-refractivity contribution < 1.29 is 13.2 Å². The van der Waals surface area contributed by atoms with E-state index in [9.17, 15) is 13.2 Å². The van der Waals surface area contributed by atoms with Gasteiger partial charge in [0.05, 0.1) is 5.56 Å². The van der Waals surface area contributed by atoms with E-state index < -0.39 is 11.7 Å². The van der Waals surface area contributed by atoms with E-state index in [0.717, 1.165) is 17.7 Å². The molecule has 0 aromatic heterocycles. The van der Waals surface area contributed by atoms with Crippen LogP contribution in [0.15, 0.2) is 53.4 Å². The molecule has 0 spiro atoms. The number of benzene rings is 2. The number of hydrogen-bond acceptors (Lipinski definition) is 2. The van der Waals surface area contributed by atoms with Gasteiger partial charge >= 0.3 is 6.18 Å². The van der Waals surface area contributed by atoms with Gasteiger partial charge in [-0.2, -0.15) is 13.2 Å². The molecular weight excluding hydrogens is 271 g/mol. The first-order chi connectivity index (χ1) is 8.95. The number of rotatable bonds is 3. The first kappa shape index (κ1) is 13.8. The molecule has 0 heterocycles. The van der Waals surface area contributed by atoms with E-state index in [2.05, 4.69) is 0 Å². The second-order valence-corrected chi connectivity index (χ2v) is 5.11. The Morgan fingerprint density at radius 1 is 1.00 bits per heavy atom. The third-order valence-electron chi connectivity index (χ3n) is 2.50. The lowest BCUT2D eigenvalue weighted by Gasteiger charge is -2.10. The van der Waals surface area contributed by atoms with Gasteiger partial charge in [0.25, 0.3) is 0 Å². The fraction of sp³-hybridized carbons (Fsp3) is 0.143. The van der Waals surface area contributed by atoms with E-state index in [1.165, 1.54) is 11.8 Å². The highest BCUT2D eigenvalue weighted by Crippen LogP contribution is 2.34. The summed E-state index contributed by atoms with van der Waals surface area (Å²) in [7, 11) is 0. The summed E-state index contributed by atoms with van der Waals surface area (Å²) in [6.07, 6.45) is -4.36. The molecule has 0 saturated carbocycles. The fourth-order valence-corrected chi connectivity index (χ4v) is 2.57. The number of hydrogen-bond donors (Lipinski definition) is 1. The minimum absolute atomic E-state index is 0.130. The van der Waals surface area contributed by atoms with E-state index >= 15 is 0 Å². The van der Waals surface area contributed by atoms with E-state index in [1.54, 1.807) is 6.07 Å². The van der Waals surface area contributed by atoms with Crippen LogP contribution in [0.25, 0.3) is 0 Å². The van der Waals surface area contributed by atoms with E-state index in [4.69, 9.17) is 5.73 Å². The van der Waals surface area contributed by atoms with E-state index in [0.29, 0.717) is 10.6 Å². The van der Waals surface area contributed by atoms with Gasteiger partial charge in [0.15, 0.2) is 0 Å². The molecule has 0 atom stereocenters. The zero-order valence-corrected chi connectivity index (χ0v) is 10.8. The summed E-state index contributed by atoms with van der Waals surface area (Å²) >= 11 is 1.34. The number of anilines is 1. The van der Waals surface area contributed by atoms with Crippen molar-refractivity contribution in [3.8, 4) is 0 Å². The maximum atomic E-state index is 12.6. The van der Waals surface area contributed by atoms with Gasteiger partial charge in [-0.25, -0.2) is 0 Å². The van der Waals surface area contributed by atoms with Gasteiger partial charge in [-0.3, -0.25) is 0 Å². The molecule has 0 aliphatic rings. The average Bonchev–Trinajstić information content (AvgIpc) is 2.36. The van der Waals surface area contributed by atoms with Gasteiger partial charge in [-0.05, 0) is 23.8 Å². The Hall–Kier alpha value is -1.62. The molecule has 2 N–H and O–H groups in total. The lowest BCUT2D eigenvalue weighted by molar-refractivity contribution is -0.137. The Balaban J connectivity index is 2.15. The van der Waals surface area contributed by atoms with Crippen LogP contribution in [0.1, 0.15) is 11.1 Å². The second-order valence-electron chi connectivity index (χ2n) is 4.06. The Morgan fingerprint density at radius 3 is 2.32 bits per heavy atom. The first-order valence-electron chi connectivity index (χ1n) is 5.59. The standard InChI is InChI=1S/C14H12F3NS/c15-14(16,17)11-6-12(18)8-13(7-11)19-9-10-4-2-1-3-5-10/h1-8H,9,18H2. The highest BCUT2D eigenvalue weighted by Gasteiger charge is 2.31. The highest BCUT2D eigenvalue weighted by molar-refractivity contribution is 7.98. The summed E-state index contributed by atoms with van der Waals surface area (Å²) in [5, 5.41) is 0. The molecular formula is C14H12F3NS. The number of nitrogens with two attached hydrogens (primary N) is 1. The number of alkyl halides is 3. The molecule has 0 amide bonds. The van der Waals surface area contributed by atoms with Crippen molar-refractivity contribution in [2.24, 2.45) is 0 Å². The van der Waals surface area contributed by atoms with Crippen molar-refractivity contribution in [3.63, 3.8) is 0 Å². The molecule has 0 radical (unpaired) electrons. The van der Waals surface area contributed by atoms with E-state index in [-0.39, 0.29) is 5.69 Å². The van der Waals surface area contributed by atoms with Crippen molar-refractivity contribution in [1.29, 1.82) is 0 Å². The van der Waals surface area contributed by atoms with Crippen molar-refractivity contribution >= 4 is 17.4 Å². The van der Waals surface area contributed by atoms with Crippen molar-refractivity contribution in [3.05, 3.63) is 59.7 Å². The van der Waals surface area contributed by atoms with Gasteiger partial charge in [-0.15, -0.1) is 11.8 Å². The van der Waals surface area contributed by atoms with Crippen LogP contribution < -0.4 is 5.73 Å². The zero-order chi connectivity index (χ0) is 13.9. The molecule has 0 fully saturated rings. The predicted octanol–water partition coefficient (Wildman–Crippen LogP) is 4.58. The maximum Gasteiger partial charge on any atom is 0.416 e. The van der Waals surface area contributed by atoms with Crippen molar-refractivity contribution in [2.45, 2.75) is 16.8 Å². The molecule has 0 saturated heterocycles. The van der Waals surface area contributed by atoms with Gasteiger partial charge in [0, 0.05) is 16.3 Å². The van der Waals surface area contributed by atoms with Crippen LogP contribution in [0.3, 0.4) is 0 Å². The average molecular weight is 283 g/mol. The van der Waals surface area contributed by atoms with Gasteiger partial charge in [-0.1, -0.05) is 30.3 Å².